The summed E-state index contributed by atoms with van der Waals surface area (Å²) in [6, 6.07) is 44.2. The zero-order valence-electron chi connectivity index (χ0n) is 43.6. The smallest absolute Gasteiger partial charge is 0.252 e. The molecule has 0 spiro atoms. The Labute approximate surface area is 404 Å². The molecule has 0 amide bonds. The average molecular weight is 884 g/mol. The van der Waals surface area contributed by atoms with E-state index in [2.05, 4.69) is 235 Å². The normalized spacial score (nSPS) is 21.3. The van der Waals surface area contributed by atoms with Gasteiger partial charge in [0.05, 0.1) is 5.54 Å². The SMILES string of the molecule is CC(C)(C)c1ccc(N2c3cc(N4c5ccccc5C5(C)CCCCC45C)cc4c3B3c5c2cc(C(C)(C)C)cc5C(C)(C)c2cc(C(C)(C)C)cc(c23)N4c2ccc(C(C)(C)C)cc2)cc1. The predicted octanol–water partition coefficient (Wildman–Crippen LogP) is 15.3. The van der Waals surface area contributed by atoms with Crippen molar-refractivity contribution in [3.63, 3.8) is 0 Å². The third kappa shape index (κ3) is 6.22. The van der Waals surface area contributed by atoms with Crippen LogP contribution in [0.15, 0.2) is 109 Å². The van der Waals surface area contributed by atoms with E-state index in [1.54, 1.807) is 0 Å². The lowest BCUT2D eigenvalue weighted by Gasteiger charge is -2.53. The molecule has 0 aromatic heterocycles. The summed E-state index contributed by atoms with van der Waals surface area (Å²) in [6.07, 6.45) is 4.86. The molecule has 1 saturated carbocycles. The summed E-state index contributed by atoms with van der Waals surface area (Å²) in [4.78, 5) is 8.20. The molecule has 344 valence electrons. The highest BCUT2D eigenvalue weighted by Gasteiger charge is 2.59. The first-order valence-electron chi connectivity index (χ1n) is 25.5. The van der Waals surface area contributed by atoms with Gasteiger partial charge in [-0.05, 0) is 151 Å². The minimum absolute atomic E-state index is 0.0289. The van der Waals surface area contributed by atoms with Crippen molar-refractivity contribution in [2.75, 3.05) is 14.7 Å². The van der Waals surface area contributed by atoms with E-state index in [4.69, 9.17) is 0 Å². The fraction of sp³-hybridized carbons (Fsp3) is 0.429. The molecule has 4 aliphatic heterocycles. The van der Waals surface area contributed by atoms with Crippen LogP contribution < -0.4 is 31.1 Å². The second-order valence-electron chi connectivity index (χ2n) is 26.3. The second-order valence-corrected chi connectivity index (χ2v) is 26.3. The van der Waals surface area contributed by atoms with Gasteiger partial charge in [0.2, 0.25) is 0 Å². The van der Waals surface area contributed by atoms with Crippen molar-refractivity contribution in [3.05, 3.63) is 148 Å². The number of benzene rings is 6. The van der Waals surface area contributed by atoms with E-state index in [-0.39, 0.29) is 44.7 Å². The lowest BCUT2D eigenvalue weighted by Crippen LogP contribution is -2.67. The standard InChI is InChI=1S/C63H74BN3/c1-57(2,3)39-23-27-43(28-24-39)65-50-35-41(59(7,8)9)33-47-54(50)64-55-48(61(47,13)14)34-42(60(10,11)12)36-51(55)66(44-29-25-40(26-30-44)58(4,5)6)53-38-45(37-52(65)56(53)64)67-49-22-18-17-21-46(49)62(15)31-19-20-32-63(62,67)16/h17-18,21-30,33-38H,19-20,31-32H2,1-16H3. The van der Waals surface area contributed by atoms with Crippen LogP contribution in [0.2, 0.25) is 0 Å². The van der Waals surface area contributed by atoms with Gasteiger partial charge in [0.15, 0.2) is 0 Å². The number of hydrogen-bond donors (Lipinski definition) is 0. The first-order chi connectivity index (χ1) is 31.2. The lowest BCUT2D eigenvalue weighted by molar-refractivity contribution is 0.195. The van der Waals surface area contributed by atoms with E-state index >= 15 is 0 Å². The van der Waals surface area contributed by atoms with Crippen LogP contribution in [0.5, 0.6) is 0 Å². The van der Waals surface area contributed by atoms with Gasteiger partial charge >= 0.3 is 0 Å². The summed E-state index contributed by atoms with van der Waals surface area (Å²) in [6.45, 7) is 38.6. The highest BCUT2D eigenvalue weighted by Crippen LogP contribution is 2.62. The van der Waals surface area contributed by atoms with E-state index in [9.17, 15) is 0 Å². The number of para-hydroxylation sites is 1. The summed E-state index contributed by atoms with van der Waals surface area (Å²) in [5.41, 5.74) is 24.2. The second kappa shape index (κ2) is 14.0. The Morgan fingerprint density at radius 2 is 0.821 bits per heavy atom. The molecule has 1 aliphatic carbocycles. The molecule has 4 heteroatoms. The van der Waals surface area contributed by atoms with Crippen LogP contribution in [0.4, 0.5) is 45.5 Å². The Balaban J connectivity index is 1.31. The zero-order chi connectivity index (χ0) is 47.8. The topological polar surface area (TPSA) is 9.72 Å². The number of rotatable bonds is 3. The molecule has 4 heterocycles. The Kier molecular flexibility index (Phi) is 9.23. The molecule has 1 fully saturated rings. The molecule has 0 saturated heterocycles. The molecule has 6 aromatic rings. The van der Waals surface area contributed by atoms with Gasteiger partial charge in [0.1, 0.15) is 0 Å². The molecule has 5 aliphatic rings. The third-order valence-electron chi connectivity index (χ3n) is 17.6. The van der Waals surface area contributed by atoms with Gasteiger partial charge < -0.3 is 14.7 Å². The number of fused-ring (bicyclic) bond motifs is 3. The van der Waals surface area contributed by atoms with Crippen LogP contribution in [0.25, 0.3) is 0 Å². The van der Waals surface area contributed by atoms with Gasteiger partial charge in [-0.15, -0.1) is 0 Å². The predicted molar refractivity (Wildman–Crippen MR) is 290 cm³/mol. The van der Waals surface area contributed by atoms with Crippen molar-refractivity contribution in [1.29, 1.82) is 0 Å². The summed E-state index contributed by atoms with van der Waals surface area (Å²) in [7, 11) is 0. The van der Waals surface area contributed by atoms with Crippen LogP contribution in [-0.2, 0) is 32.5 Å². The number of anilines is 8. The molecular formula is C63H74BN3. The maximum Gasteiger partial charge on any atom is 0.252 e. The molecule has 2 atom stereocenters. The van der Waals surface area contributed by atoms with Crippen molar-refractivity contribution < 1.29 is 0 Å². The molecule has 2 unspecified atom stereocenters. The molecule has 11 rings (SSSR count). The van der Waals surface area contributed by atoms with Gasteiger partial charge in [0, 0.05) is 56.3 Å². The fourth-order valence-corrected chi connectivity index (χ4v) is 13.3. The highest BCUT2D eigenvalue weighted by atomic mass is 15.3. The lowest BCUT2D eigenvalue weighted by atomic mass is 9.28. The molecule has 67 heavy (non-hydrogen) atoms. The number of nitrogens with zero attached hydrogens (tertiary/aromatic N) is 3. The van der Waals surface area contributed by atoms with Crippen LogP contribution in [0.1, 0.15) is 175 Å². The maximum absolute atomic E-state index is 2.81. The largest absolute Gasteiger partial charge is 0.334 e. The Morgan fingerprint density at radius 3 is 1.27 bits per heavy atom. The van der Waals surface area contributed by atoms with E-state index in [0.29, 0.717) is 0 Å². The van der Waals surface area contributed by atoms with E-state index in [1.165, 1.54) is 120 Å². The summed E-state index contributed by atoms with van der Waals surface area (Å²) < 4.78 is 0. The van der Waals surface area contributed by atoms with Crippen LogP contribution in [-0.4, -0.2) is 12.3 Å². The summed E-state index contributed by atoms with van der Waals surface area (Å²) in [5.74, 6) is 0. The minimum atomic E-state index is -0.259. The van der Waals surface area contributed by atoms with E-state index < -0.39 is 0 Å². The molecular weight excluding hydrogens is 810 g/mol. The monoisotopic (exact) mass is 884 g/mol. The van der Waals surface area contributed by atoms with Crippen LogP contribution in [0.3, 0.4) is 0 Å². The van der Waals surface area contributed by atoms with E-state index in [0.717, 1.165) is 6.42 Å². The summed E-state index contributed by atoms with van der Waals surface area (Å²) >= 11 is 0. The van der Waals surface area contributed by atoms with Gasteiger partial charge in [-0.3, -0.25) is 0 Å². The van der Waals surface area contributed by atoms with Crippen LogP contribution >= 0.6 is 0 Å². The molecule has 0 radical (unpaired) electrons. The van der Waals surface area contributed by atoms with Crippen molar-refractivity contribution >= 4 is 68.6 Å². The quantitative estimate of drug-likeness (QED) is 0.164. The molecule has 6 aromatic carbocycles. The summed E-state index contributed by atoms with van der Waals surface area (Å²) in [5, 5.41) is 0. The van der Waals surface area contributed by atoms with E-state index in [1.807, 2.05) is 0 Å². The van der Waals surface area contributed by atoms with Gasteiger partial charge in [-0.25, -0.2) is 0 Å². The molecule has 0 bridgehead atoms. The fourth-order valence-electron chi connectivity index (χ4n) is 13.3. The van der Waals surface area contributed by atoms with Gasteiger partial charge in [0.25, 0.3) is 6.71 Å². The zero-order valence-corrected chi connectivity index (χ0v) is 43.6. The Bertz CT molecular complexity index is 2860. The number of hydrogen-bond acceptors (Lipinski definition) is 3. The van der Waals surface area contributed by atoms with Gasteiger partial charge in [-0.1, -0.05) is 171 Å². The van der Waals surface area contributed by atoms with Crippen molar-refractivity contribution in [3.8, 4) is 0 Å². The first kappa shape index (κ1) is 44.3. The van der Waals surface area contributed by atoms with Crippen molar-refractivity contribution in [2.24, 2.45) is 0 Å². The first-order valence-corrected chi connectivity index (χ1v) is 25.5. The maximum atomic E-state index is 2.81. The Morgan fingerprint density at radius 1 is 0.403 bits per heavy atom. The minimum Gasteiger partial charge on any atom is -0.334 e. The average Bonchev–Trinajstić information content (AvgIpc) is 3.46. The van der Waals surface area contributed by atoms with Crippen molar-refractivity contribution in [1.82, 2.24) is 0 Å². The Hall–Kier alpha value is -5.22. The highest BCUT2D eigenvalue weighted by molar-refractivity contribution is 7.01. The van der Waals surface area contributed by atoms with Crippen LogP contribution in [0, 0.1) is 0 Å². The molecule has 3 nitrogen and oxygen atoms in total. The van der Waals surface area contributed by atoms with Crippen molar-refractivity contribution in [2.45, 2.75) is 174 Å². The van der Waals surface area contributed by atoms with Gasteiger partial charge in [-0.2, -0.15) is 0 Å². The molecule has 0 N–H and O–H groups in total. The third-order valence-corrected chi connectivity index (χ3v) is 17.6.